The van der Waals surface area contributed by atoms with E-state index in [4.69, 9.17) is 16.3 Å². The lowest BCUT2D eigenvalue weighted by Gasteiger charge is -2.41. The summed E-state index contributed by atoms with van der Waals surface area (Å²) in [5.74, 6) is -0.0979. The van der Waals surface area contributed by atoms with E-state index in [1.165, 1.54) is 11.1 Å². The summed E-state index contributed by atoms with van der Waals surface area (Å²) in [4.78, 5) is 15.0. The van der Waals surface area contributed by atoms with E-state index >= 15 is 0 Å². The zero-order chi connectivity index (χ0) is 14.9. The maximum atomic E-state index is 12.7. The lowest BCUT2D eigenvalue weighted by molar-refractivity contribution is -0.158. The van der Waals surface area contributed by atoms with Gasteiger partial charge in [0.25, 0.3) is 0 Å². The first-order valence-corrected chi connectivity index (χ1v) is 7.94. The van der Waals surface area contributed by atoms with Gasteiger partial charge in [0, 0.05) is 44.0 Å². The third-order valence-corrected chi connectivity index (χ3v) is 4.75. The molecule has 1 saturated heterocycles. The predicted octanol–water partition coefficient (Wildman–Crippen LogP) is 1.65. The zero-order valence-electron chi connectivity index (χ0n) is 12.3. The Labute approximate surface area is 130 Å². The van der Waals surface area contributed by atoms with Gasteiger partial charge in [-0.1, -0.05) is 17.7 Å². The third kappa shape index (κ3) is 2.68. The molecule has 4 nitrogen and oxygen atoms in total. The molecule has 1 unspecified atom stereocenters. The number of rotatable bonds is 3. The SMILES string of the molecule is CCOC(=O)C1(N2CCNCC2)Cc2ccc(Cl)cc2C1. The predicted molar refractivity (Wildman–Crippen MR) is 82.7 cm³/mol. The molecule has 1 aromatic rings. The van der Waals surface area contributed by atoms with E-state index in [9.17, 15) is 4.79 Å². The molecule has 1 aliphatic heterocycles. The van der Waals surface area contributed by atoms with E-state index in [1.807, 2.05) is 25.1 Å². The molecule has 0 spiro atoms. The van der Waals surface area contributed by atoms with Gasteiger partial charge in [-0.15, -0.1) is 0 Å². The van der Waals surface area contributed by atoms with Gasteiger partial charge in [-0.3, -0.25) is 9.69 Å². The molecule has 1 aromatic carbocycles. The quantitative estimate of drug-likeness (QED) is 0.862. The van der Waals surface area contributed by atoms with Crippen LogP contribution in [-0.4, -0.2) is 49.2 Å². The van der Waals surface area contributed by atoms with Crippen LogP contribution in [0, 0.1) is 0 Å². The maximum Gasteiger partial charge on any atom is 0.327 e. The van der Waals surface area contributed by atoms with Crippen LogP contribution in [0.5, 0.6) is 0 Å². The molecule has 2 aliphatic rings. The molecule has 0 saturated carbocycles. The highest BCUT2D eigenvalue weighted by atomic mass is 35.5. The van der Waals surface area contributed by atoms with E-state index in [0.29, 0.717) is 13.0 Å². The Morgan fingerprint density at radius 3 is 2.76 bits per heavy atom. The standard InChI is InChI=1S/C16H21ClN2O2/c1-2-21-15(20)16(19-7-5-18-6-8-19)10-12-3-4-14(17)9-13(12)11-16/h3-4,9,18H,2,5-8,10-11H2,1H3. The first kappa shape index (κ1) is 14.8. The molecule has 21 heavy (non-hydrogen) atoms. The fraction of sp³-hybridized carbons (Fsp3) is 0.562. The minimum Gasteiger partial charge on any atom is -0.465 e. The molecule has 1 N–H and O–H groups in total. The van der Waals surface area contributed by atoms with Crippen LogP contribution in [0.4, 0.5) is 0 Å². The van der Waals surface area contributed by atoms with Crippen molar-refractivity contribution in [2.24, 2.45) is 0 Å². The van der Waals surface area contributed by atoms with Gasteiger partial charge in [-0.05, 0) is 30.2 Å². The average molecular weight is 309 g/mol. The number of piperazine rings is 1. The van der Waals surface area contributed by atoms with E-state index in [-0.39, 0.29) is 5.97 Å². The molecule has 3 rings (SSSR count). The summed E-state index contributed by atoms with van der Waals surface area (Å²) >= 11 is 6.10. The number of hydrogen-bond donors (Lipinski definition) is 1. The summed E-state index contributed by atoms with van der Waals surface area (Å²) in [5, 5.41) is 4.07. The number of benzene rings is 1. The molecule has 0 bridgehead atoms. The lowest BCUT2D eigenvalue weighted by Crippen LogP contribution is -2.61. The second-order valence-corrected chi connectivity index (χ2v) is 6.19. The molecule has 0 amide bonds. The molecule has 1 fully saturated rings. The van der Waals surface area contributed by atoms with Gasteiger partial charge in [0.15, 0.2) is 0 Å². The highest BCUT2D eigenvalue weighted by molar-refractivity contribution is 6.30. The Hall–Kier alpha value is -1.10. The topological polar surface area (TPSA) is 41.6 Å². The number of fused-ring (bicyclic) bond motifs is 1. The van der Waals surface area contributed by atoms with Crippen LogP contribution in [0.1, 0.15) is 18.1 Å². The van der Waals surface area contributed by atoms with Gasteiger partial charge in [-0.2, -0.15) is 0 Å². The average Bonchev–Trinajstić information content (AvgIpc) is 2.88. The van der Waals surface area contributed by atoms with Crippen molar-refractivity contribution >= 4 is 17.6 Å². The van der Waals surface area contributed by atoms with Gasteiger partial charge in [-0.25, -0.2) is 0 Å². The van der Waals surface area contributed by atoms with Crippen molar-refractivity contribution in [1.29, 1.82) is 0 Å². The number of hydrogen-bond acceptors (Lipinski definition) is 4. The fourth-order valence-corrected chi connectivity index (χ4v) is 3.67. The number of ether oxygens (including phenoxy) is 1. The molecular weight excluding hydrogens is 288 g/mol. The summed E-state index contributed by atoms with van der Waals surface area (Å²) in [6.07, 6.45) is 1.42. The van der Waals surface area contributed by atoms with Crippen molar-refractivity contribution < 1.29 is 9.53 Å². The Morgan fingerprint density at radius 1 is 1.33 bits per heavy atom. The van der Waals surface area contributed by atoms with Crippen LogP contribution in [-0.2, 0) is 22.4 Å². The van der Waals surface area contributed by atoms with E-state index in [0.717, 1.165) is 37.6 Å². The zero-order valence-corrected chi connectivity index (χ0v) is 13.1. The summed E-state index contributed by atoms with van der Waals surface area (Å²) in [7, 11) is 0. The number of esters is 1. The van der Waals surface area contributed by atoms with Gasteiger partial charge in [0.05, 0.1) is 6.61 Å². The normalized spacial score (nSPS) is 25.6. The lowest BCUT2D eigenvalue weighted by atomic mass is 9.92. The Kier molecular flexibility index (Phi) is 4.20. The highest BCUT2D eigenvalue weighted by Gasteiger charge is 2.49. The van der Waals surface area contributed by atoms with Crippen LogP contribution < -0.4 is 5.32 Å². The van der Waals surface area contributed by atoms with Crippen LogP contribution >= 0.6 is 11.6 Å². The van der Waals surface area contributed by atoms with E-state index in [2.05, 4.69) is 10.2 Å². The second kappa shape index (κ2) is 5.95. The maximum absolute atomic E-state index is 12.7. The number of nitrogens with zero attached hydrogens (tertiary/aromatic N) is 1. The largest absolute Gasteiger partial charge is 0.465 e. The molecule has 114 valence electrons. The number of nitrogens with one attached hydrogen (secondary N) is 1. The molecule has 5 heteroatoms. The summed E-state index contributed by atoms with van der Waals surface area (Å²) < 4.78 is 5.41. The van der Waals surface area contributed by atoms with Gasteiger partial charge < -0.3 is 10.1 Å². The van der Waals surface area contributed by atoms with Crippen LogP contribution in [0.2, 0.25) is 5.02 Å². The van der Waals surface area contributed by atoms with Gasteiger partial charge in [0.1, 0.15) is 5.54 Å². The van der Waals surface area contributed by atoms with Crippen molar-refractivity contribution in [2.45, 2.75) is 25.3 Å². The van der Waals surface area contributed by atoms with Crippen LogP contribution in [0.25, 0.3) is 0 Å². The van der Waals surface area contributed by atoms with Crippen molar-refractivity contribution in [3.63, 3.8) is 0 Å². The monoisotopic (exact) mass is 308 g/mol. The number of carbonyl (C=O) groups is 1. The highest BCUT2D eigenvalue weighted by Crippen LogP contribution is 2.37. The van der Waals surface area contributed by atoms with E-state index < -0.39 is 5.54 Å². The van der Waals surface area contributed by atoms with Crippen molar-refractivity contribution in [1.82, 2.24) is 10.2 Å². The third-order valence-electron chi connectivity index (χ3n) is 4.51. The van der Waals surface area contributed by atoms with Crippen molar-refractivity contribution in [2.75, 3.05) is 32.8 Å². The van der Waals surface area contributed by atoms with Crippen LogP contribution in [0.3, 0.4) is 0 Å². The Balaban J connectivity index is 1.93. The van der Waals surface area contributed by atoms with Gasteiger partial charge >= 0.3 is 5.97 Å². The molecule has 1 atom stereocenters. The minimum absolute atomic E-state index is 0.0979. The Bertz CT molecular complexity index is 543. The first-order valence-electron chi connectivity index (χ1n) is 7.56. The molecule has 0 aromatic heterocycles. The second-order valence-electron chi connectivity index (χ2n) is 5.76. The number of carbonyl (C=O) groups excluding carboxylic acids is 1. The van der Waals surface area contributed by atoms with E-state index in [1.54, 1.807) is 0 Å². The summed E-state index contributed by atoms with van der Waals surface area (Å²) in [6.45, 7) is 5.86. The molecule has 1 heterocycles. The van der Waals surface area contributed by atoms with Gasteiger partial charge in [0.2, 0.25) is 0 Å². The molecular formula is C16H21ClN2O2. The van der Waals surface area contributed by atoms with Crippen molar-refractivity contribution in [3.8, 4) is 0 Å². The summed E-state index contributed by atoms with van der Waals surface area (Å²) in [6, 6.07) is 5.93. The van der Waals surface area contributed by atoms with Crippen molar-refractivity contribution in [3.05, 3.63) is 34.3 Å². The fourth-order valence-electron chi connectivity index (χ4n) is 3.48. The molecule has 0 radical (unpaired) electrons. The first-order chi connectivity index (χ1) is 10.2. The number of halogens is 1. The molecule has 1 aliphatic carbocycles. The Morgan fingerprint density at radius 2 is 2.05 bits per heavy atom. The van der Waals surface area contributed by atoms with Crippen LogP contribution in [0.15, 0.2) is 18.2 Å². The minimum atomic E-state index is -0.550. The smallest absolute Gasteiger partial charge is 0.327 e. The summed E-state index contributed by atoms with van der Waals surface area (Å²) in [5.41, 5.74) is 1.84.